The van der Waals surface area contributed by atoms with E-state index < -0.39 is 0 Å². The van der Waals surface area contributed by atoms with Gasteiger partial charge in [0.05, 0.1) is 5.69 Å². The van der Waals surface area contributed by atoms with Gasteiger partial charge in [0, 0.05) is 35.8 Å². The second kappa shape index (κ2) is 4.97. The lowest BCUT2D eigenvalue weighted by atomic mass is 9.90. The van der Waals surface area contributed by atoms with Crippen LogP contribution in [-0.2, 0) is 6.42 Å². The van der Waals surface area contributed by atoms with Crippen LogP contribution in [0.5, 0.6) is 0 Å². The van der Waals surface area contributed by atoms with Crippen LogP contribution in [0.1, 0.15) is 19.5 Å². The monoisotopic (exact) mass is 267 g/mol. The Kier molecular flexibility index (Phi) is 3.72. The maximum absolute atomic E-state index is 5.71. The molecule has 2 aromatic heterocycles. The summed E-state index contributed by atoms with van der Waals surface area (Å²) in [5, 5.41) is 2.04. The number of hydrogen-bond acceptors (Lipinski definition) is 5. The Hall–Kier alpha value is -0.950. The Morgan fingerprint density at radius 3 is 2.83 bits per heavy atom. The molecule has 3 N–H and O–H groups in total. The topological polar surface area (TPSA) is 58.6 Å². The van der Waals surface area contributed by atoms with E-state index in [1.807, 2.05) is 11.6 Å². The van der Waals surface area contributed by atoms with E-state index in [2.05, 4.69) is 53.9 Å². The van der Waals surface area contributed by atoms with Crippen molar-refractivity contribution in [2.75, 3.05) is 14.1 Å². The van der Waals surface area contributed by atoms with Gasteiger partial charge in [-0.25, -0.2) is 4.98 Å². The van der Waals surface area contributed by atoms with Crippen LogP contribution in [0.3, 0.4) is 0 Å². The third-order valence-corrected chi connectivity index (χ3v) is 4.53. The molecule has 100 valence electrons. The van der Waals surface area contributed by atoms with E-state index in [1.54, 1.807) is 11.3 Å². The number of imidazole rings is 1. The molecule has 0 aliphatic heterocycles. The number of hydrogen-bond donors (Lipinski definition) is 2. The summed E-state index contributed by atoms with van der Waals surface area (Å²) in [6.45, 7) is 4.35. The van der Waals surface area contributed by atoms with E-state index in [-0.39, 0.29) is 11.6 Å². The van der Waals surface area contributed by atoms with Crippen LogP contribution in [0.2, 0.25) is 0 Å². The lowest BCUT2D eigenvalue weighted by Gasteiger charge is -2.39. The lowest BCUT2D eigenvalue weighted by molar-refractivity contribution is 0.137. The highest BCUT2D eigenvalue weighted by atomic mass is 32.1. The summed E-state index contributed by atoms with van der Waals surface area (Å²) in [6, 6.07) is 0.150. The van der Waals surface area contributed by atoms with Crippen LogP contribution in [-0.4, -0.2) is 40.0 Å². The third-order valence-electron chi connectivity index (χ3n) is 3.76. The molecule has 0 aliphatic rings. The quantitative estimate of drug-likeness (QED) is 0.629. The molecule has 1 unspecified atom stereocenters. The number of fused-ring (bicyclic) bond motifs is 1. The van der Waals surface area contributed by atoms with Crippen molar-refractivity contribution in [3.05, 3.63) is 23.5 Å². The zero-order valence-corrected chi connectivity index (χ0v) is 12.2. The predicted octanol–water partition coefficient (Wildman–Crippen LogP) is 1.11. The molecule has 0 fully saturated rings. The SMILES string of the molecule is CN(C)C(C)(C)C(Cc1cn2ccsc2n1)NN. The summed E-state index contributed by atoms with van der Waals surface area (Å²) in [7, 11) is 4.13. The Labute approximate surface area is 112 Å². The number of likely N-dealkylation sites (N-methyl/N-ethyl adjacent to an activating group) is 1. The highest BCUT2D eigenvalue weighted by Gasteiger charge is 2.31. The van der Waals surface area contributed by atoms with E-state index in [1.165, 1.54) is 0 Å². The first kappa shape index (κ1) is 13.5. The summed E-state index contributed by atoms with van der Waals surface area (Å²) in [6.07, 6.45) is 4.91. The zero-order chi connectivity index (χ0) is 13.3. The van der Waals surface area contributed by atoms with E-state index in [4.69, 9.17) is 5.84 Å². The number of thiazole rings is 1. The Balaban J connectivity index is 2.18. The average molecular weight is 267 g/mol. The van der Waals surface area contributed by atoms with Gasteiger partial charge in [-0.3, -0.25) is 15.7 Å². The highest BCUT2D eigenvalue weighted by molar-refractivity contribution is 7.15. The molecule has 0 saturated carbocycles. The van der Waals surface area contributed by atoms with Crippen molar-refractivity contribution in [1.82, 2.24) is 19.7 Å². The van der Waals surface area contributed by atoms with Crippen LogP contribution >= 0.6 is 11.3 Å². The maximum atomic E-state index is 5.71. The summed E-state index contributed by atoms with van der Waals surface area (Å²) >= 11 is 1.65. The molecule has 18 heavy (non-hydrogen) atoms. The van der Waals surface area contributed by atoms with Crippen molar-refractivity contribution in [1.29, 1.82) is 0 Å². The largest absolute Gasteiger partial charge is 0.303 e. The van der Waals surface area contributed by atoms with E-state index >= 15 is 0 Å². The molecular formula is C12H21N5S. The maximum Gasteiger partial charge on any atom is 0.193 e. The zero-order valence-electron chi connectivity index (χ0n) is 11.3. The fraction of sp³-hybridized carbons (Fsp3) is 0.583. The molecule has 2 heterocycles. The van der Waals surface area contributed by atoms with Crippen molar-refractivity contribution in [2.45, 2.75) is 31.8 Å². The van der Waals surface area contributed by atoms with Gasteiger partial charge in [-0.15, -0.1) is 11.3 Å². The molecule has 0 bridgehead atoms. The molecule has 0 radical (unpaired) electrons. The van der Waals surface area contributed by atoms with Gasteiger partial charge >= 0.3 is 0 Å². The third kappa shape index (κ3) is 2.42. The molecule has 0 aliphatic carbocycles. The fourth-order valence-electron chi connectivity index (χ4n) is 1.91. The molecule has 2 aromatic rings. The predicted molar refractivity (Wildman–Crippen MR) is 75.7 cm³/mol. The molecule has 2 rings (SSSR count). The van der Waals surface area contributed by atoms with Gasteiger partial charge in [-0.05, 0) is 27.9 Å². The van der Waals surface area contributed by atoms with Gasteiger partial charge < -0.3 is 4.90 Å². The molecular weight excluding hydrogens is 246 g/mol. The van der Waals surface area contributed by atoms with Crippen LogP contribution in [0, 0.1) is 0 Å². The summed E-state index contributed by atoms with van der Waals surface area (Å²) < 4.78 is 2.05. The molecule has 0 aromatic carbocycles. The van der Waals surface area contributed by atoms with Gasteiger partial charge in [0.2, 0.25) is 0 Å². The normalized spacial score (nSPS) is 14.6. The van der Waals surface area contributed by atoms with Crippen molar-refractivity contribution in [2.24, 2.45) is 5.84 Å². The van der Waals surface area contributed by atoms with Crippen molar-refractivity contribution >= 4 is 16.3 Å². The van der Waals surface area contributed by atoms with Crippen LogP contribution in [0.15, 0.2) is 17.8 Å². The summed E-state index contributed by atoms with van der Waals surface area (Å²) in [5.74, 6) is 5.71. The number of nitrogens with two attached hydrogens (primary N) is 1. The smallest absolute Gasteiger partial charge is 0.193 e. The molecule has 1 atom stereocenters. The van der Waals surface area contributed by atoms with Gasteiger partial charge in [-0.2, -0.15) is 0 Å². The summed E-state index contributed by atoms with van der Waals surface area (Å²) in [4.78, 5) is 7.81. The first-order chi connectivity index (χ1) is 8.45. The lowest BCUT2D eigenvalue weighted by Crippen LogP contribution is -2.58. The summed E-state index contributed by atoms with van der Waals surface area (Å²) in [5.41, 5.74) is 3.95. The van der Waals surface area contributed by atoms with Gasteiger partial charge in [0.15, 0.2) is 4.96 Å². The van der Waals surface area contributed by atoms with Crippen LogP contribution < -0.4 is 11.3 Å². The van der Waals surface area contributed by atoms with Crippen molar-refractivity contribution < 1.29 is 0 Å². The Morgan fingerprint density at radius 1 is 1.56 bits per heavy atom. The standard InChI is InChI=1S/C12H21N5S/c1-12(2,16(3)4)10(15-13)7-9-8-17-5-6-18-11(17)14-9/h5-6,8,10,15H,7,13H2,1-4H3. The van der Waals surface area contributed by atoms with E-state index in [0.717, 1.165) is 17.1 Å². The number of hydrazine groups is 1. The number of nitrogens with zero attached hydrogens (tertiary/aromatic N) is 3. The fourth-order valence-corrected chi connectivity index (χ4v) is 2.63. The molecule has 0 spiro atoms. The second-order valence-electron chi connectivity index (χ2n) is 5.30. The van der Waals surface area contributed by atoms with E-state index in [0.29, 0.717) is 0 Å². The minimum atomic E-state index is -0.0359. The number of nitrogens with one attached hydrogen (secondary N) is 1. The number of aromatic nitrogens is 2. The number of rotatable bonds is 5. The second-order valence-corrected chi connectivity index (χ2v) is 6.17. The van der Waals surface area contributed by atoms with Gasteiger partial charge in [-0.1, -0.05) is 0 Å². The molecule has 6 heteroatoms. The van der Waals surface area contributed by atoms with Crippen molar-refractivity contribution in [3.8, 4) is 0 Å². The van der Waals surface area contributed by atoms with Gasteiger partial charge in [0.1, 0.15) is 0 Å². The highest BCUT2D eigenvalue weighted by Crippen LogP contribution is 2.20. The Morgan fingerprint density at radius 2 is 2.28 bits per heavy atom. The van der Waals surface area contributed by atoms with E-state index in [9.17, 15) is 0 Å². The molecule has 0 amide bonds. The Bertz CT molecular complexity index is 485. The minimum absolute atomic E-state index is 0.0359. The average Bonchev–Trinajstić information content (AvgIpc) is 2.85. The van der Waals surface area contributed by atoms with Crippen LogP contribution in [0.4, 0.5) is 0 Å². The molecule has 5 nitrogen and oxygen atoms in total. The van der Waals surface area contributed by atoms with Crippen LogP contribution in [0.25, 0.3) is 4.96 Å². The van der Waals surface area contributed by atoms with Gasteiger partial charge in [0.25, 0.3) is 0 Å². The first-order valence-electron chi connectivity index (χ1n) is 5.99. The van der Waals surface area contributed by atoms with Crippen molar-refractivity contribution in [3.63, 3.8) is 0 Å². The molecule has 0 saturated heterocycles. The minimum Gasteiger partial charge on any atom is -0.303 e. The first-order valence-corrected chi connectivity index (χ1v) is 6.87.